The van der Waals surface area contributed by atoms with Gasteiger partial charge in [0.05, 0.1) is 18.5 Å². The number of aromatic amines is 1. The van der Waals surface area contributed by atoms with Crippen molar-refractivity contribution >= 4 is 6.03 Å². The standard InChI is InChI=1S/C19H27N5O2/c25-19(22-15-6-7-16-14(11-15)12-21-23-16)20-13-17(18-5-4-10-26-18)24-8-2-1-3-9-24/h4-5,10,12,15,17H,1-3,6-9,11,13H2,(H,21,23)(H2,20,22,25). The first-order valence-electron chi connectivity index (χ1n) is 9.62. The lowest BCUT2D eigenvalue weighted by molar-refractivity contribution is 0.143. The molecule has 0 bridgehead atoms. The number of fused-ring (bicyclic) bond motifs is 1. The lowest BCUT2D eigenvalue weighted by Gasteiger charge is -2.33. The van der Waals surface area contributed by atoms with Crippen molar-refractivity contribution in [3.8, 4) is 0 Å². The molecule has 1 fully saturated rings. The van der Waals surface area contributed by atoms with E-state index in [0.29, 0.717) is 6.54 Å². The minimum absolute atomic E-state index is 0.0999. The Morgan fingerprint density at radius 2 is 2.27 bits per heavy atom. The molecule has 7 nitrogen and oxygen atoms in total. The van der Waals surface area contributed by atoms with Crippen LogP contribution >= 0.6 is 0 Å². The number of carbonyl (C=O) groups is 1. The highest BCUT2D eigenvalue weighted by Gasteiger charge is 2.26. The summed E-state index contributed by atoms with van der Waals surface area (Å²) in [7, 11) is 0. The van der Waals surface area contributed by atoms with Gasteiger partial charge in [0.2, 0.25) is 0 Å². The summed E-state index contributed by atoms with van der Waals surface area (Å²) in [4.78, 5) is 14.8. The van der Waals surface area contributed by atoms with E-state index < -0.39 is 0 Å². The first-order valence-corrected chi connectivity index (χ1v) is 9.62. The molecule has 2 aromatic heterocycles. The number of amides is 2. The average Bonchev–Trinajstić information content (AvgIpc) is 3.34. The summed E-state index contributed by atoms with van der Waals surface area (Å²) < 4.78 is 5.64. The zero-order valence-electron chi connectivity index (χ0n) is 15.0. The van der Waals surface area contributed by atoms with Gasteiger partial charge < -0.3 is 15.1 Å². The van der Waals surface area contributed by atoms with Gasteiger partial charge in [0, 0.05) is 18.3 Å². The molecule has 2 unspecified atom stereocenters. The van der Waals surface area contributed by atoms with E-state index in [9.17, 15) is 4.79 Å². The molecule has 2 aromatic rings. The fraction of sp³-hybridized carbons (Fsp3) is 0.579. The van der Waals surface area contributed by atoms with Gasteiger partial charge in [0.25, 0.3) is 0 Å². The van der Waals surface area contributed by atoms with E-state index in [0.717, 1.165) is 38.1 Å². The number of rotatable bonds is 5. The van der Waals surface area contributed by atoms with Gasteiger partial charge in [-0.3, -0.25) is 10.00 Å². The Labute approximate surface area is 153 Å². The smallest absolute Gasteiger partial charge is 0.315 e. The van der Waals surface area contributed by atoms with Crippen LogP contribution in [0.25, 0.3) is 0 Å². The minimum atomic E-state index is -0.101. The molecule has 0 saturated carbocycles. The van der Waals surface area contributed by atoms with E-state index in [2.05, 4.69) is 25.7 Å². The van der Waals surface area contributed by atoms with Crippen molar-refractivity contribution in [1.82, 2.24) is 25.7 Å². The first kappa shape index (κ1) is 17.1. The molecule has 140 valence electrons. The fourth-order valence-electron chi connectivity index (χ4n) is 4.09. The average molecular weight is 357 g/mol. The number of aromatic nitrogens is 2. The molecule has 1 saturated heterocycles. The van der Waals surface area contributed by atoms with Crippen LogP contribution in [0.3, 0.4) is 0 Å². The predicted octanol–water partition coefficient (Wildman–Crippen LogP) is 2.39. The van der Waals surface area contributed by atoms with Crippen LogP contribution in [0, 0.1) is 0 Å². The molecule has 26 heavy (non-hydrogen) atoms. The molecule has 2 amide bonds. The van der Waals surface area contributed by atoms with Gasteiger partial charge in [-0.15, -0.1) is 0 Å². The zero-order chi connectivity index (χ0) is 17.8. The SMILES string of the molecule is O=C(NCC(c1ccco1)N1CCCCC1)NC1CCc2[nH]ncc2C1. The molecule has 0 radical (unpaired) electrons. The fourth-order valence-corrected chi connectivity index (χ4v) is 4.09. The number of urea groups is 1. The van der Waals surface area contributed by atoms with Crippen LogP contribution in [0.1, 0.15) is 48.7 Å². The van der Waals surface area contributed by atoms with Crippen LogP contribution in [0.15, 0.2) is 29.0 Å². The van der Waals surface area contributed by atoms with Gasteiger partial charge in [-0.1, -0.05) is 6.42 Å². The van der Waals surface area contributed by atoms with Gasteiger partial charge in [0.1, 0.15) is 5.76 Å². The van der Waals surface area contributed by atoms with Crippen LogP contribution in [0.5, 0.6) is 0 Å². The molecule has 1 aliphatic carbocycles. The van der Waals surface area contributed by atoms with Gasteiger partial charge in [-0.2, -0.15) is 5.10 Å². The van der Waals surface area contributed by atoms with Crippen LogP contribution in [0.2, 0.25) is 0 Å². The number of H-pyrrole nitrogens is 1. The molecule has 4 rings (SSSR count). The topological polar surface area (TPSA) is 86.2 Å². The molecule has 3 heterocycles. The minimum Gasteiger partial charge on any atom is -0.468 e. The highest BCUT2D eigenvalue weighted by Crippen LogP contribution is 2.24. The maximum Gasteiger partial charge on any atom is 0.315 e. The number of likely N-dealkylation sites (tertiary alicyclic amines) is 1. The summed E-state index contributed by atoms with van der Waals surface area (Å²) in [6.07, 6.45) is 9.98. The maximum absolute atomic E-state index is 12.4. The van der Waals surface area contributed by atoms with Gasteiger partial charge in [-0.25, -0.2) is 4.79 Å². The summed E-state index contributed by atoms with van der Waals surface area (Å²) >= 11 is 0. The molecule has 0 aromatic carbocycles. The van der Waals surface area contributed by atoms with Crippen molar-refractivity contribution in [2.24, 2.45) is 0 Å². The third-order valence-electron chi connectivity index (χ3n) is 5.51. The van der Waals surface area contributed by atoms with Crippen molar-refractivity contribution in [2.45, 2.75) is 50.6 Å². The van der Waals surface area contributed by atoms with Crippen molar-refractivity contribution in [3.05, 3.63) is 41.6 Å². The largest absolute Gasteiger partial charge is 0.468 e. The number of nitrogens with zero attached hydrogens (tertiary/aromatic N) is 2. The van der Waals surface area contributed by atoms with E-state index in [4.69, 9.17) is 4.42 Å². The lowest BCUT2D eigenvalue weighted by Crippen LogP contribution is -2.47. The second kappa shape index (κ2) is 7.95. The Morgan fingerprint density at radius 3 is 3.08 bits per heavy atom. The summed E-state index contributed by atoms with van der Waals surface area (Å²) in [6.45, 7) is 2.67. The van der Waals surface area contributed by atoms with E-state index in [1.165, 1.54) is 30.5 Å². The summed E-state index contributed by atoms with van der Waals surface area (Å²) in [5.41, 5.74) is 2.41. The maximum atomic E-state index is 12.4. The normalized spacial score (nSPS) is 21.8. The number of aryl methyl sites for hydroxylation is 1. The highest BCUT2D eigenvalue weighted by atomic mass is 16.3. The Balaban J connectivity index is 1.31. The van der Waals surface area contributed by atoms with Crippen LogP contribution in [0.4, 0.5) is 4.79 Å². The predicted molar refractivity (Wildman–Crippen MR) is 97.8 cm³/mol. The molecule has 2 atom stereocenters. The zero-order valence-corrected chi connectivity index (χ0v) is 15.0. The monoisotopic (exact) mass is 357 g/mol. The number of piperidine rings is 1. The third-order valence-corrected chi connectivity index (χ3v) is 5.51. The van der Waals surface area contributed by atoms with Crippen molar-refractivity contribution in [3.63, 3.8) is 0 Å². The number of hydrogen-bond donors (Lipinski definition) is 3. The van der Waals surface area contributed by atoms with Crippen molar-refractivity contribution in [1.29, 1.82) is 0 Å². The first-order chi connectivity index (χ1) is 12.8. The molecule has 0 spiro atoms. The molecule has 7 heteroatoms. The van der Waals surface area contributed by atoms with Gasteiger partial charge in [-0.05, 0) is 62.9 Å². The number of carbonyl (C=O) groups excluding carboxylic acids is 1. The van der Waals surface area contributed by atoms with E-state index in [1.54, 1.807) is 6.26 Å². The lowest BCUT2D eigenvalue weighted by atomic mass is 9.94. The Hall–Kier alpha value is -2.28. The van der Waals surface area contributed by atoms with Crippen molar-refractivity contribution in [2.75, 3.05) is 19.6 Å². The molecule has 2 aliphatic rings. The van der Waals surface area contributed by atoms with E-state index >= 15 is 0 Å². The second-order valence-electron chi connectivity index (χ2n) is 7.30. The highest BCUT2D eigenvalue weighted by molar-refractivity contribution is 5.74. The Kier molecular flexibility index (Phi) is 5.24. The number of furan rings is 1. The molecule has 1 aliphatic heterocycles. The van der Waals surface area contributed by atoms with Crippen LogP contribution in [-0.2, 0) is 12.8 Å². The number of nitrogens with one attached hydrogen (secondary N) is 3. The second-order valence-corrected chi connectivity index (χ2v) is 7.30. The van der Waals surface area contributed by atoms with E-state index in [1.807, 2.05) is 18.3 Å². The van der Waals surface area contributed by atoms with Crippen LogP contribution in [-0.4, -0.2) is 46.8 Å². The quantitative estimate of drug-likeness (QED) is 0.767. The van der Waals surface area contributed by atoms with Crippen LogP contribution < -0.4 is 10.6 Å². The third kappa shape index (κ3) is 3.93. The Bertz CT molecular complexity index is 705. The van der Waals surface area contributed by atoms with Crippen molar-refractivity contribution < 1.29 is 9.21 Å². The molecule has 3 N–H and O–H groups in total. The van der Waals surface area contributed by atoms with Gasteiger partial charge >= 0.3 is 6.03 Å². The summed E-state index contributed by atoms with van der Waals surface area (Å²) in [6, 6.07) is 4.08. The Morgan fingerprint density at radius 1 is 1.38 bits per heavy atom. The van der Waals surface area contributed by atoms with E-state index in [-0.39, 0.29) is 18.1 Å². The summed E-state index contributed by atoms with van der Waals surface area (Å²) in [5.74, 6) is 0.924. The molecular formula is C19H27N5O2. The number of hydrogen-bond acceptors (Lipinski definition) is 4. The van der Waals surface area contributed by atoms with Gasteiger partial charge in [0.15, 0.2) is 0 Å². The molecular weight excluding hydrogens is 330 g/mol. The summed E-state index contributed by atoms with van der Waals surface area (Å²) in [5, 5.41) is 13.3.